The minimum absolute atomic E-state index is 0.102. The van der Waals surface area contributed by atoms with E-state index in [1.807, 2.05) is 50.3 Å². The van der Waals surface area contributed by atoms with E-state index in [9.17, 15) is 9.59 Å². The summed E-state index contributed by atoms with van der Waals surface area (Å²) in [6, 6.07) is 18.5. The molecule has 1 fully saturated rings. The summed E-state index contributed by atoms with van der Waals surface area (Å²) >= 11 is 0. The zero-order valence-corrected chi connectivity index (χ0v) is 21.0. The van der Waals surface area contributed by atoms with E-state index in [1.54, 1.807) is 12.2 Å². The van der Waals surface area contributed by atoms with Gasteiger partial charge >= 0.3 is 11.9 Å². The van der Waals surface area contributed by atoms with Crippen LogP contribution in [0.4, 0.5) is 0 Å². The van der Waals surface area contributed by atoms with E-state index in [-0.39, 0.29) is 11.3 Å². The van der Waals surface area contributed by atoms with Crippen molar-refractivity contribution in [3.05, 3.63) is 77.6 Å². The van der Waals surface area contributed by atoms with E-state index in [0.29, 0.717) is 6.42 Å². The van der Waals surface area contributed by atoms with E-state index < -0.39 is 29.1 Å². The van der Waals surface area contributed by atoms with Crippen molar-refractivity contribution in [1.29, 1.82) is 0 Å². The van der Waals surface area contributed by atoms with Crippen molar-refractivity contribution in [3.8, 4) is 0 Å². The maximum absolute atomic E-state index is 13.2. The third-order valence-corrected chi connectivity index (χ3v) is 7.17. The van der Waals surface area contributed by atoms with Gasteiger partial charge in [-0.1, -0.05) is 79.6 Å². The molecule has 0 saturated carbocycles. The van der Waals surface area contributed by atoms with Gasteiger partial charge in [-0.2, -0.15) is 0 Å². The number of ether oxygens (including phenoxy) is 3. The van der Waals surface area contributed by atoms with E-state index in [2.05, 4.69) is 30.3 Å². The van der Waals surface area contributed by atoms with Gasteiger partial charge in [-0.3, -0.25) is 0 Å². The highest BCUT2D eigenvalue weighted by molar-refractivity contribution is 6.07. The second kappa shape index (κ2) is 8.76. The number of hydroxylamine groups is 2. The lowest BCUT2D eigenvalue weighted by molar-refractivity contribution is -0.231. The van der Waals surface area contributed by atoms with Gasteiger partial charge in [0.2, 0.25) is 5.76 Å². The first-order chi connectivity index (χ1) is 17.3. The van der Waals surface area contributed by atoms with E-state index >= 15 is 0 Å². The van der Waals surface area contributed by atoms with Gasteiger partial charge in [-0.05, 0) is 39.6 Å². The van der Waals surface area contributed by atoms with Crippen LogP contribution in [0.25, 0.3) is 27.6 Å². The number of fused-ring (bicyclic) bond motifs is 3. The third kappa shape index (κ3) is 3.50. The fourth-order valence-corrected chi connectivity index (χ4v) is 5.74. The molecule has 0 bridgehead atoms. The minimum atomic E-state index is -1.11. The normalized spacial score (nSPS) is 23.3. The third-order valence-electron chi connectivity index (χ3n) is 7.17. The molecule has 2 atom stereocenters. The average Bonchev–Trinajstić information content (AvgIpc) is 3.30. The standard InChI is InChI=1S/C29H29NO6/c1-28(2)17-29(23(25(31)33-3)24(26(32)34-4)36-30(29)27(28)35-5)15-14-22-20-12-8-6-10-18(20)16-19-11-7-9-13-21(19)22/h6-16,27H,17H2,1-5H3/b15-14+/t27-,29+/m0/s1. The van der Waals surface area contributed by atoms with Crippen LogP contribution in [0.5, 0.6) is 0 Å². The molecule has 7 nitrogen and oxygen atoms in total. The summed E-state index contributed by atoms with van der Waals surface area (Å²) in [5, 5.41) is 5.95. The number of methoxy groups -OCH3 is 3. The number of hydrogen-bond donors (Lipinski definition) is 0. The molecular formula is C29H29NO6. The Balaban J connectivity index is 1.78. The van der Waals surface area contributed by atoms with Crippen LogP contribution in [0.1, 0.15) is 25.8 Å². The number of rotatable bonds is 5. The zero-order valence-electron chi connectivity index (χ0n) is 21.0. The second-order valence-corrected chi connectivity index (χ2v) is 9.85. The first-order valence-corrected chi connectivity index (χ1v) is 11.8. The highest BCUT2D eigenvalue weighted by atomic mass is 16.7. The predicted molar refractivity (Wildman–Crippen MR) is 136 cm³/mol. The Morgan fingerprint density at radius 1 is 0.944 bits per heavy atom. The van der Waals surface area contributed by atoms with Gasteiger partial charge in [0.1, 0.15) is 17.3 Å². The van der Waals surface area contributed by atoms with Crippen molar-refractivity contribution in [3.63, 3.8) is 0 Å². The second-order valence-electron chi connectivity index (χ2n) is 9.85. The molecule has 0 N–H and O–H groups in total. The molecule has 5 rings (SSSR count). The van der Waals surface area contributed by atoms with Crippen molar-refractivity contribution >= 4 is 39.6 Å². The summed E-state index contributed by atoms with van der Waals surface area (Å²) in [6.45, 7) is 4.08. The smallest absolute Gasteiger partial charge is 0.376 e. The van der Waals surface area contributed by atoms with Gasteiger partial charge in [-0.25, -0.2) is 9.59 Å². The first-order valence-electron chi connectivity index (χ1n) is 11.8. The molecule has 7 heteroatoms. The molecule has 0 amide bonds. The number of hydrogen-bond acceptors (Lipinski definition) is 7. The van der Waals surface area contributed by atoms with Crippen LogP contribution in [-0.2, 0) is 28.6 Å². The molecule has 3 aromatic carbocycles. The van der Waals surface area contributed by atoms with Crippen LogP contribution in [0.3, 0.4) is 0 Å². The molecule has 186 valence electrons. The lowest BCUT2D eigenvalue weighted by Crippen LogP contribution is -2.45. The molecule has 0 unspecified atom stereocenters. The van der Waals surface area contributed by atoms with Gasteiger partial charge < -0.3 is 19.0 Å². The Hall–Kier alpha value is -3.68. The Bertz CT molecular complexity index is 1380. The molecule has 1 saturated heterocycles. The molecule has 2 aliphatic heterocycles. The molecule has 0 aliphatic carbocycles. The molecule has 36 heavy (non-hydrogen) atoms. The number of carbonyl (C=O) groups is 2. The number of esters is 2. The first kappa shape index (κ1) is 24.0. The molecule has 0 aromatic heterocycles. The molecule has 3 aromatic rings. The summed E-state index contributed by atoms with van der Waals surface area (Å²) in [7, 11) is 4.12. The van der Waals surface area contributed by atoms with Gasteiger partial charge in [0.05, 0.1) is 14.2 Å². The van der Waals surface area contributed by atoms with Crippen molar-refractivity contribution in [2.45, 2.75) is 32.0 Å². The van der Waals surface area contributed by atoms with Crippen LogP contribution < -0.4 is 0 Å². The minimum Gasteiger partial charge on any atom is -0.465 e. The highest BCUT2D eigenvalue weighted by Gasteiger charge is 2.65. The Labute approximate surface area is 209 Å². The summed E-state index contributed by atoms with van der Waals surface area (Å²) in [5.41, 5.74) is -0.419. The Morgan fingerprint density at radius 2 is 1.53 bits per heavy atom. The topological polar surface area (TPSA) is 74.3 Å². The van der Waals surface area contributed by atoms with Crippen molar-refractivity contribution in [1.82, 2.24) is 5.06 Å². The largest absolute Gasteiger partial charge is 0.465 e. The molecule has 2 heterocycles. The SMILES string of the molecule is COC(=O)C1=C(C(=O)OC)[C@@]2(/C=C/c3c4ccccc4cc4ccccc34)CC(C)(C)[C@H](OC)N2O1. The maximum atomic E-state index is 13.2. The Morgan fingerprint density at radius 3 is 2.08 bits per heavy atom. The summed E-state index contributed by atoms with van der Waals surface area (Å²) in [4.78, 5) is 31.9. The maximum Gasteiger partial charge on any atom is 0.376 e. The highest BCUT2D eigenvalue weighted by Crippen LogP contribution is 2.55. The Kier molecular flexibility index (Phi) is 5.85. The lowest BCUT2D eigenvalue weighted by atomic mass is 9.78. The summed E-state index contributed by atoms with van der Waals surface area (Å²) in [5.74, 6) is -1.59. The van der Waals surface area contributed by atoms with Gasteiger partial charge in [0.25, 0.3) is 0 Å². The molecular weight excluding hydrogens is 458 g/mol. The van der Waals surface area contributed by atoms with Crippen LogP contribution in [-0.4, -0.2) is 50.1 Å². The zero-order chi connectivity index (χ0) is 25.7. The summed E-state index contributed by atoms with van der Waals surface area (Å²) in [6.07, 6.45) is 3.86. The van der Waals surface area contributed by atoms with Crippen molar-refractivity contribution in [2.24, 2.45) is 5.41 Å². The van der Waals surface area contributed by atoms with Crippen molar-refractivity contribution < 1.29 is 28.6 Å². The fraction of sp³-hybridized carbons (Fsp3) is 0.310. The van der Waals surface area contributed by atoms with Crippen LogP contribution in [0.15, 0.2) is 72.0 Å². The summed E-state index contributed by atoms with van der Waals surface area (Å²) < 4.78 is 15.9. The number of nitrogens with zero attached hydrogens (tertiary/aromatic N) is 1. The number of benzene rings is 3. The molecule has 2 aliphatic rings. The number of carbonyl (C=O) groups excluding carboxylic acids is 2. The van der Waals surface area contributed by atoms with E-state index in [1.165, 1.54) is 14.2 Å². The quantitative estimate of drug-likeness (QED) is 0.371. The van der Waals surface area contributed by atoms with E-state index in [4.69, 9.17) is 19.0 Å². The van der Waals surface area contributed by atoms with Gasteiger partial charge in [0, 0.05) is 12.5 Å². The van der Waals surface area contributed by atoms with E-state index in [0.717, 1.165) is 27.1 Å². The average molecular weight is 488 g/mol. The van der Waals surface area contributed by atoms with Gasteiger partial charge in [-0.15, -0.1) is 0 Å². The monoisotopic (exact) mass is 487 g/mol. The predicted octanol–water partition coefficient (Wildman–Crippen LogP) is 4.99. The van der Waals surface area contributed by atoms with Crippen LogP contribution >= 0.6 is 0 Å². The van der Waals surface area contributed by atoms with Crippen molar-refractivity contribution in [2.75, 3.05) is 21.3 Å². The molecule has 0 spiro atoms. The van der Waals surface area contributed by atoms with Gasteiger partial charge in [0.15, 0.2) is 0 Å². The van der Waals surface area contributed by atoms with Crippen LogP contribution in [0.2, 0.25) is 0 Å². The lowest BCUT2D eigenvalue weighted by Gasteiger charge is -2.31. The van der Waals surface area contributed by atoms with Crippen LogP contribution in [0, 0.1) is 5.41 Å². The fourth-order valence-electron chi connectivity index (χ4n) is 5.74. The molecule has 0 radical (unpaired) electrons.